The standard InChI is InChI=1S/C25H28N4O/c1-19(14-23-17-26-12-13-27-23)28-24(30)25(15-21-10-6-7-11-22(21)16-25)29(2)18-20-8-4-3-5-9-20/h3-13,17,19H,14-16,18H2,1-2H3,(H,28,30)/t19-/m0/s1. The zero-order valence-corrected chi connectivity index (χ0v) is 17.6. The van der Waals surface area contributed by atoms with E-state index in [-0.39, 0.29) is 11.9 Å². The van der Waals surface area contributed by atoms with Gasteiger partial charge in [0.05, 0.1) is 5.69 Å². The number of hydrogen-bond donors (Lipinski definition) is 1. The second-order valence-corrected chi connectivity index (χ2v) is 8.27. The molecule has 0 bridgehead atoms. The number of rotatable bonds is 7. The van der Waals surface area contributed by atoms with E-state index in [4.69, 9.17) is 0 Å². The number of hydrogen-bond acceptors (Lipinski definition) is 4. The smallest absolute Gasteiger partial charge is 0.241 e. The number of aromatic nitrogens is 2. The van der Waals surface area contributed by atoms with Crippen molar-refractivity contribution < 1.29 is 4.79 Å². The molecular weight excluding hydrogens is 372 g/mol. The summed E-state index contributed by atoms with van der Waals surface area (Å²) >= 11 is 0. The van der Waals surface area contributed by atoms with Gasteiger partial charge in [0.15, 0.2) is 0 Å². The first-order chi connectivity index (χ1) is 14.6. The van der Waals surface area contributed by atoms with Crippen LogP contribution in [-0.2, 0) is 30.6 Å². The second kappa shape index (κ2) is 8.76. The second-order valence-electron chi connectivity index (χ2n) is 8.27. The van der Waals surface area contributed by atoms with Gasteiger partial charge in [0.25, 0.3) is 0 Å². The van der Waals surface area contributed by atoms with E-state index in [0.717, 1.165) is 25.1 Å². The van der Waals surface area contributed by atoms with Crippen molar-refractivity contribution in [2.45, 2.75) is 44.3 Å². The lowest BCUT2D eigenvalue weighted by Gasteiger charge is -2.38. The van der Waals surface area contributed by atoms with E-state index in [1.165, 1.54) is 16.7 Å². The molecule has 154 valence electrons. The molecule has 3 aromatic rings. The lowest BCUT2D eigenvalue weighted by molar-refractivity contribution is -0.133. The maximum atomic E-state index is 13.7. The molecule has 0 saturated heterocycles. The maximum Gasteiger partial charge on any atom is 0.241 e. The Balaban J connectivity index is 1.55. The highest BCUT2D eigenvalue weighted by Crippen LogP contribution is 2.35. The van der Waals surface area contributed by atoms with Crippen LogP contribution in [0.5, 0.6) is 0 Å². The third-order valence-electron chi connectivity index (χ3n) is 6.01. The van der Waals surface area contributed by atoms with Crippen LogP contribution in [0, 0.1) is 0 Å². The van der Waals surface area contributed by atoms with Gasteiger partial charge >= 0.3 is 0 Å². The van der Waals surface area contributed by atoms with Crippen molar-refractivity contribution in [2.24, 2.45) is 0 Å². The van der Waals surface area contributed by atoms with Gasteiger partial charge in [-0.3, -0.25) is 19.7 Å². The molecule has 0 unspecified atom stereocenters. The van der Waals surface area contributed by atoms with Gasteiger partial charge in [-0.25, -0.2) is 0 Å². The summed E-state index contributed by atoms with van der Waals surface area (Å²) in [4.78, 5) is 24.4. The average Bonchev–Trinajstić information content (AvgIpc) is 3.16. The van der Waals surface area contributed by atoms with Gasteiger partial charge in [0.2, 0.25) is 5.91 Å². The van der Waals surface area contributed by atoms with Crippen molar-refractivity contribution in [1.29, 1.82) is 0 Å². The van der Waals surface area contributed by atoms with E-state index in [1.54, 1.807) is 18.6 Å². The molecule has 1 amide bonds. The number of amides is 1. The van der Waals surface area contributed by atoms with Crippen LogP contribution in [-0.4, -0.2) is 39.4 Å². The average molecular weight is 401 g/mol. The van der Waals surface area contributed by atoms with Crippen LogP contribution < -0.4 is 5.32 Å². The summed E-state index contributed by atoms with van der Waals surface area (Å²) in [7, 11) is 2.06. The van der Waals surface area contributed by atoms with Gasteiger partial charge in [-0.1, -0.05) is 54.6 Å². The minimum Gasteiger partial charge on any atom is -0.352 e. The van der Waals surface area contributed by atoms with Crippen LogP contribution in [0.15, 0.2) is 73.2 Å². The third-order valence-corrected chi connectivity index (χ3v) is 6.01. The highest BCUT2D eigenvalue weighted by molar-refractivity contribution is 5.88. The highest BCUT2D eigenvalue weighted by Gasteiger charge is 2.47. The van der Waals surface area contributed by atoms with Crippen molar-refractivity contribution in [1.82, 2.24) is 20.2 Å². The minimum absolute atomic E-state index is 0.0279. The van der Waals surface area contributed by atoms with Crippen molar-refractivity contribution in [3.05, 3.63) is 95.6 Å². The monoisotopic (exact) mass is 400 g/mol. The summed E-state index contributed by atoms with van der Waals surface area (Å²) in [5, 5.41) is 3.26. The predicted molar refractivity (Wildman–Crippen MR) is 118 cm³/mol. The van der Waals surface area contributed by atoms with Crippen molar-refractivity contribution in [3.63, 3.8) is 0 Å². The molecule has 1 aliphatic rings. The third kappa shape index (κ3) is 4.26. The molecule has 2 aromatic carbocycles. The molecule has 0 spiro atoms. The molecule has 1 atom stereocenters. The summed E-state index contributed by atoms with van der Waals surface area (Å²) in [5.74, 6) is 0.0773. The SMILES string of the molecule is C[C@@H](Cc1cnccn1)NC(=O)C1(N(C)Cc2ccccc2)Cc2ccccc2C1. The molecule has 0 aliphatic heterocycles. The van der Waals surface area contributed by atoms with Gasteiger partial charge in [0.1, 0.15) is 5.54 Å². The van der Waals surface area contributed by atoms with Gasteiger partial charge in [-0.15, -0.1) is 0 Å². The van der Waals surface area contributed by atoms with Crippen LogP contribution in [0.2, 0.25) is 0 Å². The number of benzene rings is 2. The lowest BCUT2D eigenvalue weighted by atomic mass is 9.91. The summed E-state index contributed by atoms with van der Waals surface area (Å²) in [6, 6.07) is 18.7. The van der Waals surface area contributed by atoms with E-state index in [1.807, 2.05) is 25.1 Å². The van der Waals surface area contributed by atoms with Gasteiger partial charge < -0.3 is 5.32 Å². The Morgan fingerprint density at radius 2 is 1.73 bits per heavy atom. The Hall–Kier alpha value is -3.05. The Labute approximate surface area is 178 Å². The minimum atomic E-state index is -0.601. The first kappa shape index (κ1) is 20.2. The largest absolute Gasteiger partial charge is 0.352 e. The molecular formula is C25H28N4O. The molecule has 0 radical (unpaired) electrons. The van der Waals surface area contributed by atoms with E-state index < -0.39 is 5.54 Å². The zero-order valence-electron chi connectivity index (χ0n) is 17.6. The van der Waals surface area contributed by atoms with Crippen LogP contribution in [0.25, 0.3) is 0 Å². The Morgan fingerprint density at radius 1 is 1.07 bits per heavy atom. The number of fused-ring (bicyclic) bond motifs is 1. The highest BCUT2D eigenvalue weighted by atomic mass is 16.2. The summed E-state index contributed by atoms with van der Waals surface area (Å²) in [6.07, 6.45) is 7.20. The summed E-state index contributed by atoms with van der Waals surface area (Å²) in [5.41, 5.74) is 4.00. The van der Waals surface area contributed by atoms with Crippen LogP contribution in [0.4, 0.5) is 0 Å². The molecule has 30 heavy (non-hydrogen) atoms. The molecule has 0 fully saturated rings. The first-order valence-corrected chi connectivity index (χ1v) is 10.4. The molecule has 5 heteroatoms. The maximum absolute atomic E-state index is 13.7. The molecule has 1 N–H and O–H groups in total. The number of likely N-dealkylation sites (N-methyl/N-ethyl adjacent to an activating group) is 1. The Kier molecular flexibility index (Phi) is 5.91. The summed E-state index contributed by atoms with van der Waals surface area (Å²) < 4.78 is 0. The fourth-order valence-electron chi connectivity index (χ4n) is 4.37. The quantitative estimate of drug-likeness (QED) is 0.662. The summed E-state index contributed by atoms with van der Waals surface area (Å²) in [6.45, 7) is 2.75. The van der Waals surface area contributed by atoms with Crippen LogP contribution >= 0.6 is 0 Å². The normalized spacial score (nSPS) is 15.6. The van der Waals surface area contributed by atoms with Crippen molar-refractivity contribution in [2.75, 3.05) is 7.05 Å². The van der Waals surface area contributed by atoms with Gasteiger partial charge in [-0.05, 0) is 30.7 Å². The lowest BCUT2D eigenvalue weighted by Crippen LogP contribution is -2.59. The fraction of sp³-hybridized carbons (Fsp3) is 0.320. The molecule has 0 saturated carbocycles. The van der Waals surface area contributed by atoms with Gasteiger partial charge in [0, 0.05) is 50.4 Å². The number of carbonyl (C=O) groups is 1. The van der Waals surface area contributed by atoms with E-state index in [2.05, 4.69) is 63.6 Å². The van der Waals surface area contributed by atoms with Gasteiger partial charge in [-0.2, -0.15) is 0 Å². The van der Waals surface area contributed by atoms with E-state index >= 15 is 0 Å². The predicted octanol–water partition coefficient (Wildman–Crippen LogP) is 3.19. The molecule has 1 aromatic heterocycles. The Bertz CT molecular complexity index is 965. The van der Waals surface area contributed by atoms with Crippen molar-refractivity contribution >= 4 is 5.91 Å². The van der Waals surface area contributed by atoms with E-state index in [0.29, 0.717) is 6.42 Å². The molecule has 4 rings (SSSR count). The number of nitrogens with zero attached hydrogens (tertiary/aromatic N) is 3. The zero-order chi connectivity index (χ0) is 21.0. The van der Waals surface area contributed by atoms with Crippen LogP contribution in [0.1, 0.15) is 29.3 Å². The number of nitrogens with one attached hydrogen (secondary N) is 1. The Morgan fingerprint density at radius 3 is 2.37 bits per heavy atom. The van der Waals surface area contributed by atoms with Crippen molar-refractivity contribution in [3.8, 4) is 0 Å². The topological polar surface area (TPSA) is 58.1 Å². The molecule has 1 heterocycles. The first-order valence-electron chi connectivity index (χ1n) is 10.4. The molecule has 5 nitrogen and oxygen atoms in total. The van der Waals surface area contributed by atoms with E-state index in [9.17, 15) is 4.79 Å². The van der Waals surface area contributed by atoms with Crippen LogP contribution in [0.3, 0.4) is 0 Å². The number of carbonyl (C=O) groups excluding carboxylic acids is 1. The molecule has 1 aliphatic carbocycles. The fourth-order valence-corrected chi connectivity index (χ4v) is 4.37.